The Morgan fingerprint density at radius 2 is 2.14 bits per heavy atom. The van der Waals surface area contributed by atoms with E-state index in [0.717, 1.165) is 13.2 Å². The summed E-state index contributed by atoms with van der Waals surface area (Å²) in [6.45, 7) is 0. The largest absolute Gasteiger partial charge is 0.481 e. The predicted octanol–water partition coefficient (Wildman–Crippen LogP) is 2.80. The zero-order chi connectivity index (χ0) is 16.9. The van der Waals surface area contributed by atoms with Gasteiger partial charge in [-0.05, 0) is 15.9 Å². The summed E-state index contributed by atoms with van der Waals surface area (Å²) in [5, 5.41) is 19.8. The van der Waals surface area contributed by atoms with Crippen LogP contribution in [0.5, 0.6) is 5.75 Å². The molecule has 0 bridgehead atoms. The van der Waals surface area contributed by atoms with Gasteiger partial charge < -0.3 is 14.6 Å². The Morgan fingerprint density at radius 1 is 1.50 bits per heavy atom. The van der Waals surface area contributed by atoms with E-state index in [1.807, 2.05) is 0 Å². The first kappa shape index (κ1) is 18.2. The van der Waals surface area contributed by atoms with Gasteiger partial charge in [-0.25, -0.2) is 4.79 Å². The Morgan fingerprint density at radius 3 is 2.64 bits per heavy atom. The first-order chi connectivity index (χ1) is 10.3. The van der Waals surface area contributed by atoms with Crippen LogP contribution in [0, 0.1) is 10.1 Å². The first-order valence-electron chi connectivity index (χ1n) is 5.86. The molecule has 1 rings (SSSR count). The second kappa shape index (κ2) is 7.95. The number of aliphatic carboxylic acids is 1. The van der Waals surface area contributed by atoms with Gasteiger partial charge in [0.15, 0.2) is 11.9 Å². The zero-order valence-corrected chi connectivity index (χ0v) is 13.6. The molecule has 0 saturated heterocycles. The molecule has 22 heavy (non-hydrogen) atoms. The Hall–Kier alpha value is -1.87. The van der Waals surface area contributed by atoms with Crippen molar-refractivity contribution >= 4 is 45.2 Å². The van der Waals surface area contributed by atoms with Gasteiger partial charge in [-0.3, -0.25) is 14.9 Å². The van der Waals surface area contributed by atoms with Gasteiger partial charge >= 0.3 is 17.6 Å². The molecule has 0 aliphatic carbocycles. The number of carbonyl (C=O) groups is 2. The highest BCUT2D eigenvalue weighted by molar-refractivity contribution is 9.10. The maximum absolute atomic E-state index is 11.6. The molecule has 1 aromatic rings. The fourth-order valence-electron chi connectivity index (χ4n) is 1.52. The van der Waals surface area contributed by atoms with Crippen molar-refractivity contribution in [1.82, 2.24) is 0 Å². The highest BCUT2D eigenvalue weighted by Crippen LogP contribution is 2.36. The highest BCUT2D eigenvalue weighted by Gasteiger charge is 2.27. The average Bonchev–Trinajstić information content (AvgIpc) is 2.45. The van der Waals surface area contributed by atoms with Crippen LogP contribution in [0.2, 0.25) is 5.02 Å². The van der Waals surface area contributed by atoms with E-state index in [2.05, 4.69) is 20.7 Å². The summed E-state index contributed by atoms with van der Waals surface area (Å²) in [4.78, 5) is 32.5. The number of hydrogen-bond donors (Lipinski definition) is 1. The maximum atomic E-state index is 11.6. The molecule has 0 amide bonds. The maximum Gasteiger partial charge on any atom is 0.347 e. The number of halogens is 2. The van der Waals surface area contributed by atoms with E-state index < -0.39 is 28.7 Å². The summed E-state index contributed by atoms with van der Waals surface area (Å²) >= 11 is 8.90. The minimum absolute atomic E-state index is 0.141. The summed E-state index contributed by atoms with van der Waals surface area (Å²) in [6.07, 6.45) is -1.86. The van der Waals surface area contributed by atoms with Gasteiger partial charge in [-0.2, -0.15) is 0 Å². The van der Waals surface area contributed by atoms with E-state index in [1.54, 1.807) is 0 Å². The lowest BCUT2D eigenvalue weighted by atomic mass is 10.2. The topological polar surface area (TPSA) is 116 Å². The van der Waals surface area contributed by atoms with Crippen molar-refractivity contribution in [3.8, 4) is 5.75 Å². The number of hydrogen-bond acceptors (Lipinski definition) is 6. The smallest absolute Gasteiger partial charge is 0.347 e. The van der Waals surface area contributed by atoms with Crippen LogP contribution in [0.4, 0.5) is 5.69 Å². The van der Waals surface area contributed by atoms with Crippen molar-refractivity contribution in [2.75, 3.05) is 7.11 Å². The number of carboxylic acid groups (broad SMARTS) is 1. The van der Waals surface area contributed by atoms with Crippen LogP contribution >= 0.6 is 27.5 Å². The third-order valence-corrected chi connectivity index (χ3v) is 3.75. The fourth-order valence-corrected chi connectivity index (χ4v) is 2.00. The van der Waals surface area contributed by atoms with Crippen LogP contribution in [-0.4, -0.2) is 35.2 Å². The molecular weight excluding hydrogens is 385 g/mol. The zero-order valence-electron chi connectivity index (χ0n) is 11.2. The molecule has 8 nitrogen and oxygen atoms in total. The number of nitro benzene ring substituents is 1. The molecule has 0 aromatic heterocycles. The summed E-state index contributed by atoms with van der Waals surface area (Å²) in [5.74, 6) is -2.23. The molecule has 1 N–H and O–H groups in total. The Labute approximate surface area is 138 Å². The van der Waals surface area contributed by atoms with E-state index in [-0.39, 0.29) is 28.1 Å². The lowest BCUT2D eigenvalue weighted by molar-refractivity contribution is -0.386. The third kappa shape index (κ3) is 4.85. The van der Waals surface area contributed by atoms with Crippen LogP contribution in [0.25, 0.3) is 0 Å². The predicted molar refractivity (Wildman–Crippen MR) is 79.1 cm³/mol. The van der Waals surface area contributed by atoms with Crippen molar-refractivity contribution in [2.24, 2.45) is 0 Å². The molecule has 0 saturated carbocycles. The Bertz CT molecular complexity index is 607. The van der Waals surface area contributed by atoms with E-state index in [9.17, 15) is 19.7 Å². The minimum Gasteiger partial charge on any atom is -0.481 e. The molecule has 0 aliphatic heterocycles. The van der Waals surface area contributed by atoms with Crippen LogP contribution in [-0.2, 0) is 14.3 Å². The van der Waals surface area contributed by atoms with Gasteiger partial charge in [0.05, 0.1) is 17.1 Å². The third-order valence-electron chi connectivity index (χ3n) is 2.55. The fraction of sp³-hybridized carbons (Fsp3) is 0.333. The molecule has 0 fully saturated rings. The summed E-state index contributed by atoms with van der Waals surface area (Å²) in [6, 6.07) is 2.30. The van der Waals surface area contributed by atoms with Crippen LogP contribution in [0.15, 0.2) is 16.6 Å². The molecular formula is C12H11BrClNO7. The van der Waals surface area contributed by atoms with Gasteiger partial charge in [0.25, 0.3) is 0 Å². The quantitative estimate of drug-likeness (QED) is 0.428. The summed E-state index contributed by atoms with van der Waals surface area (Å²) in [7, 11) is 1.10. The minimum atomic E-state index is -1.29. The molecule has 0 spiro atoms. The molecule has 10 heteroatoms. The molecule has 0 heterocycles. The van der Waals surface area contributed by atoms with Crippen molar-refractivity contribution in [3.63, 3.8) is 0 Å². The molecule has 1 unspecified atom stereocenters. The number of carboxylic acids is 1. The normalized spacial score (nSPS) is 11.6. The summed E-state index contributed by atoms with van der Waals surface area (Å²) in [5.41, 5.74) is -0.416. The SMILES string of the molecule is COC(=O)C(CCC(=O)O)Oc1cc(Cl)c(Br)cc1[N+](=O)[O-]. The Kier molecular flexibility index (Phi) is 6.57. The second-order valence-corrected chi connectivity index (χ2v) is 5.31. The number of benzene rings is 1. The van der Waals surface area contributed by atoms with Crippen LogP contribution in [0.3, 0.4) is 0 Å². The molecule has 1 aromatic carbocycles. The standard InChI is InChI=1S/C12H11BrClNO7/c1-21-12(18)9(2-3-11(16)17)22-10-5-7(14)6(13)4-8(10)15(19)20/h4-5,9H,2-3H2,1H3,(H,16,17). The number of esters is 1. The van der Waals surface area contributed by atoms with E-state index >= 15 is 0 Å². The molecule has 0 radical (unpaired) electrons. The lowest BCUT2D eigenvalue weighted by Gasteiger charge is -2.16. The van der Waals surface area contributed by atoms with Crippen LogP contribution in [0.1, 0.15) is 12.8 Å². The Balaban J connectivity index is 3.11. The number of carbonyl (C=O) groups excluding carboxylic acids is 1. The van der Waals surface area contributed by atoms with Crippen LogP contribution < -0.4 is 4.74 Å². The van der Waals surface area contributed by atoms with E-state index in [1.165, 1.54) is 6.07 Å². The van der Waals surface area contributed by atoms with Crippen molar-refractivity contribution in [1.29, 1.82) is 0 Å². The van der Waals surface area contributed by atoms with Gasteiger partial charge in [0, 0.05) is 29.4 Å². The van der Waals surface area contributed by atoms with Gasteiger partial charge in [-0.15, -0.1) is 0 Å². The highest BCUT2D eigenvalue weighted by atomic mass is 79.9. The second-order valence-electron chi connectivity index (χ2n) is 4.05. The lowest BCUT2D eigenvalue weighted by Crippen LogP contribution is -2.29. The van der Waals surface area contributed by atoms with Gasteiger partial charge in [0.1, 0.15) is 0 Å². The van der Waals surface area contributed by atoms with Crippen molar-refractivity contribution < 1.29 is 29.1 Å². The number of nitrogens with zero attached hydrogens (tertiary/aromatic N) is 1. The number of nitro groups is 1. The number of rotatable bonds is 7. The first-order valence-corrected chi connectivity index (χ1v) is 7.03. The van der Waals surface area contributed by atoms with E-state index in [4.69, 9.17) is 21.4 Å². The van der Waals surface area contributed by atoms with E-state index in [0.29, 0.717) is 0 Å². The summed E-state index contributed by atoms with van der Waals surface area (Å²) < 4.78 is 10.0. The van der Waals surface area contributed by atoms with Gasteiger partial charge in [-0.1, -0.05) is 11.6 Å². The van der Waals surface area contributed by atoms with Crippen molar-refractivity contribution in [3.05, 3.63) is 31.7 Å². The molecule has 120 valence electrons. The number of ether oxygens (including phenoxy) is 2. The molecule has 1 atom stereocenters. The van der Waals surface area contributed by atoms with Gasteiger partial charge in [0.2, 0.25) is 0 Å². The molecule has 0 aliphatic rings. The average molecular weight is 397 g/mol. The number of methoxy groups -OCH3 is 1. The van der Waals surface area contributed by atoms with Crippen molar-refractivity contribution in [2.45, 2.75) is 18.9 Å². The monoisotopic (exact) mass is 395 g/mol.